The van der Waals surface area contributed by atoms with Gasteiger partial charge in [-0.2, -0.15) is 0 Å². The molecule has 3 aromatic rings. The van der Waals surface area contributed by atoms with E-state index >= 15 is 0 Å². The van der Waals surface area contributed by atoms with Crippen LogP contribution in [0, 0.1) is 5.92 Å². The van der Waals surface area contributed by atoms with Crippen LogP contribution in [0.15, 0.2) is 65.7 Å². The molecule has 0 saturated heterocycles. The van der Waals surface area contributed by atoms with Crippen molar-refractivity contribution in [1.29, 1.82) is 0 Å². The van der Waals surface area contributed by atoms with Gasteiger partial charge in [-0.3, -0.25) is 4.79 Å². The van der Waals surface area contributed by atoms with E-state index in [1.54, 1.807) is 23.0 Å². The Morgan fingerprint density at radius 3 is 2.37 bits per heavy atom. The van der Waals surface area contributed by atoms with Crippen LogP contribution < -0.4 is 10.5 Å². The van der Waals surface area contributed by atoms with E-state index in [0.717, 1.165) is 5.56 Å². The van der Waals surface area contributed by atoms with Crippen LogP contribution in [0.2, 0.25) is 0 Å². The van der Waals surface area contributed by atoms with Gasteiger partial charge in [0.2, 0.25) is 15.9 Å². The first-order valence-electron chi connectivity index (χ1n) is 9.60. The third-order valence-corrected chi connectivity index (χ3v) is 5.54. The van der Waals surface area contributed by atoms with E-state index < -0.39 is 16.1 Å². The Morgan fingerprint density at radius 2 is 1.77 bits per heavy atom. The SMILES string of the molecule is CC(C)CC(C(=O)NCc1ccccc1)n1cc(-c2ccc(S(N)(=O)=O)cc2)nn1. The van der Waals surface area contributed by atoms with Crippen molar-refractivity contribution in [3.63, 3.8) is 0 Å². The Kier molecular flexibility index (Phi) is 6.63. The van der Waals surface area contributed by atoms with Crippen LogP contribution in [0.4, 0.5) is 0 Å². The molecule has 0 aliphatic carbocycles. The number of rotatable bonds is 8. The summed E-state index contributed by atoms with van der Waals surface area (Å²) >= 11 is 0. The van der Waals surface area contributed by atoms with Crippen LogP contribution >= 0.6 is 0 Å². The summed E-state index contributed by atoms with van der Waals surface area (Å²) < 4.78 is 24.4. The van der Waals surface area contributed by atoms with Crippen LogP contribution in [0.3, 0.4) is 0 Å². The molecule has 0 aliphatic heterocycles. The standard InChI is InChI=1S/C21H25N5O3S/c1-15(2)12-20(21(27)23-13-16-6-4-3-5-7-16)26-14-19(24-25-26)17-8-10-18(11-9-17)30(22,28)29/h3-11,14-15,20H,12-13H2,1-2H3,(H,23,27)(H2,22,28,29). The predicted octanol–water partition coefficient (Wildman–Crippen LogP) is 2.50. The van der Waals surface area contributed by atoms with Crippen molar-refractivity contribution < 1.29 is 13.2 Å². The zero-order chi connectivity index (χ0) is 21.7. The van der Waals surface area contributed by atoms with E-state index in [1.165, 1.54) is 12.1 Å². The van der Waals surface area contributed by atoms with Gasteiger partial charge in [0, 0.05) is 12.1 Å². The molecule has 30 heavy (non-hydrogen) atoms. The van der Waals surface area contributed by atoms with Crippen molar-refractivity contribution in [3.8, 4) is 11.3 Å². The summed E-state index contributed by atoms with van der Waals surface area (Å²) in [7, 11) is -3.76. The van der Waals surface area contributed by atoms with E-state index in [2.05, 4.69) is 15.6 Å². The quantitative estimate of drug-likeness (QED) is 0.572. The number of amides is 1. The molecule has 0 bridgehead atoms. The largest absolute Gasteiger partial charge is 0.350 e. The average Bonchev–Trinajstić information content (AvgIpc) is 3.20. The highest BCUT2D eigenvalue weighted by Gasteiger charge is 2.23. The maximum Gasteiger partial charge on any atom is 0.245 e. The van der Waals surface area contributed by atoms with Gasteiger partial charge in [0.15, 0.2) is 0 Å². The summed E-state index contributed by atoms with van der Waals surface area (Å²) in [6.45, 7) is 4.52. The molecule has 0 saturated carbocycles. The van der Waals surface area contributed by atoms with Gasteiger partial charge in [0.25, 0.3) is 0 Å². The summed E-state index contributed by atoms with van der Waals surface area (Å²) in [6.07, 6.45) is 2.30. The van der Waals surface area contributed by atoms with E-state index in [1.807, 2.05) is 44.2 Å². The number of hydrogen-bond acceptors (Lipinski definition) is 5. The summed E-state index contributed by atoms with van der Waals surface area (Å²) in [5.74, 6) is 0.146. The number of nitrogens with one attached hydrogen (secondary N) is 1. The van der Waals surface area contributed by atoms with Gasteiger partial charge in [-0.05, 0) is 30.0 Å². The Hall–Kier alpha value is -3.04. The fourth-order valence-electron chi connectivity index (χ4n) is 3.06. The summed E-state index contributed by atoms with van der Waals surface area (Å²) in [6, 6.07) is 15.3. The minimum Gasteiger partial charge on any atom is -0.350 e. The third-order valence-electron chi connectivity index (χ3n) is 4.62. The van der Waals surface area contributed by atoms with Crippen molar-refractivity contribution in [3.05, 3.63) is 66.4 Å². The maximum atomic E-state index is 12.9. The number of aromatic nitrogens is 3. The molecule has 1 heterocycles. The fraction of sp³-hybridized carbons (Fsp3) is 0.286. The first-order valence-corrected chi connectivity index (χ1v) is 11.2. The van der Waals surface area contributed by atoms with Gasteiger partial charge in [-0.1, -0.05) is 61.5 Å². The van der Waals surface area contributed by atoms with Gasteiger partial charge in [0.05, 0.1) is 11.1 Å². The summed E-state index contributed by atoms with van der Waals surface area (Å²) in [5.41, 5.74) is 2.24. The smallest absolute Gasteiger partial charge is 0.245 e. The van der Waals surface area contributed by atoms with Crippen molar-refractivity contribution >= 4 is 15.9 Å². The second-order valence-corrected chi connectivity index (χ2v) is 9.06. The Balaban J connectivity index is 1.78. The fourth-order valence-corrected chi connectivity index (χ4v) is 3.58. The van der Waals surface area contributed by atoms with E-state index in [-0.39, 0.29) is 16.7 Å². The molecule has 1 aromatic heterocycles. The zero-order valence-electron chi connectivity index (χ0n) is 16.9. The molecule has 0 aliphatic rings. The highest BCUT2D eigenvalue weighted by molar-refractivity contribution is 7.89. The van der Waals surface area contributed by atoms with Crippen LogP contribution in [0.1, 0.15) is 31.9 Å². The molecule has 1 unspecified atom stereocenters. The van der Waals surface area contributed by atoms with Crippen molar-refractivity contribution in [1.82, 2.24) is 20.3 Å². The predicted molar refractivity (Wildman–Crippen MR) is 114 cm³/mol. The van der Waals surface area contributed by atoms with Crippen LogP contribution in [0.25, 0.3) is 11.3 Å². The highest BCUT2D eigenvalue weighted by atomic mass is 32.2. The molecule has 0 fully saturated rings. The second kappa shape index (κ2) is 9.19. The molecular weight excluding hydrogens is 402 g/mol. The van der Waals surface area contributed by atoms with Crippen molar-refractivity contribution in [2.75, 3.05) is 0 Å². The Labute approximate surface area is 176 Å². The number of nitrogens with two attached hydrogens (primary N) is 1. The molecule has 9 heteroatoms. The average molecular weight is 428 g/mol. The van der Waals surface area contributed by atoms with E-state index in [9.17, 15) is 13.2 Å². The molecule has 0 spiro atoms. The number of nitrogens with zero attached hydrogens (tertiary/aromatic N) is 3. The van der Waals surface area contributed by atoms with Gasteiger partial charge in [-0.15, -0.1) is 5.10 Å². The topological polar surface area (TPSA) is 120 Å². The first kappa shape index (κ1) is 21.7. The number of benzene rings is 2. The molecule has 1 atom stereocenters. The molecule has 0 radical (unpaired) electrons. The number of hydrogen-bond donors (Lipinski definition) is 2. The lowest BCUT2D eigenvalue weighted by Crippen LogP contribution is -2.33. The zero-order valence-corrected chi connectivity index (χ0v) is 17.7. The lowest BCUT2D eigenvalue weighted by atomic mass is 10.0. The molecule has 3 N–H and O–H groups in total. The Morgan fingerprint density at radius 1 is 1.10 bits per heavy atom. The first-order chi connectivity index (χ1) is 14.2. The van der Waals surface area contributed by atoms with Gasteiger partial charge in [0.1, 0.15) is 11.7 Å². The van der Waals surface area contributed by atoms with Gasteiger partial charge < -0.3 is 5.32 Å². The van der Waals surface area contributed by atoms with Crippen LogP contribution in [0.5, 0.6) is 0 Å². The minimum absolute atomic E-state index is 0.0246. The van der Waals surface area contributed by atoms with E-state index in [4.69, 9.17) is 5.14 Å². The monoisotopic (exact) mass is 427 g/mol. The Bertz CT molecular complexity index is 1090. The second-order valence-electron chi connectivity index (χ2n) is 7.50. The molecular formula is C21H25N5O3S. The normalized spacial score (nSPS) is 12.7. The third kappa shape index (κ3) is 5.52. The lowest BCUT2D eigenvalue weighted by Gasteiger charge is -2.18. The number of sulfonamides is 1. The van der Waals surface area contributed by atoms with Crippen LogP contribution in [-0.4, -0.2) is 29.3 Å². The molecule has 1 amide bonds. The molecule has 158 valence electrons. The molecule has 8 nitrogen and oxygen atoms in total. The summed E-state index contributed by atoms with van der Waals surface area (Å²) in [5, 5.41) is 16.4. The van der Waals surface area contributed by atoms with Crippen molar-refractivity contribution in [2.45, 2.75) is 37.8 Å². The molecule has 3 rings (SSSR count). The van der Waals surface area contributed by atoms with Crippen molar-refractivity contribution in [2.24, 2.45) is 11.1 Å². The number of carbonyl (C=O) groups excluding carboxylic acids is 1. The summed E-state index contributed by atoms with van der Waals surface area (Å²) in [4.78, 5) is 12.9. The van der Waals surface area contributed by atoms with Gasteiger partial charge >= 0.3 is 0 Å². The number of carbonyl (C=O) groups is 1. The number of primary sulfonamides is 1. The lowest BCUT2D eigenvalue weighted by molar-refractivity contribution is -0.125. The van der Waals surface area contributed by atoms with Gasteiger partial charge in [-0.25, -0.2) is 18.2 Å². The maximum absolute atomic E-state index is 12.9. The molecule has 2 aromatic carbocycles. The highest BCUT2D eigenvalue weighted by Crippen LogP contribution is 2.22. The van der Waals surface area contributed by atoms with E-state index in [0.29, 0.717) is 24.2 Å². The van der Waals surface area contributed by atoms with Crippen LogP contribution in [-0.2, 0) is 21.4 Å². The minimum atomic E-state index is -3.76.